The van der Waals surface area contributed by atoms with Crippen LogP contribution in [0.1, 0.15) is 26.2 Å². The van der Waals surface area contributed by atoms with E-state index in [4.69, 9.17) is 10.5 Å². The number of rotatable bonds is 1. The first-order valence-corrected chi connectivity index (χ1v) is 4.76. The number of carbonyl (C=O) groups is 1. The second-order valence-electron chi connectivity index (χ2n) is 4.60. The molecule has 2 N–H and O–H groups in total. The Kier molecular flexibility index (Phi) is 1.91. The van der Waals surface area contributed by atoms with Gasteiger partial charge in [-0.25, -0.2) is 0 Å². The molecule has 1 amide bonds. The fourth-order valence-corrected chi connectivity index (χ4v) is 2.65. The van der Waals surface area contributed by atoms with Gasteiger partial charge in [0.2, 0.25) is 5.91 Å². The van der Waals surface area contributed by atoms with Gasteiger partial charge in [0.1, 0.15) is 6.10 Å². The molecule has 3 nitrogen and oxygen atoms in total. The number of fused-ring (bicyclic) bond motifs is 1. The van der Waals surface area contributed by atoms with E-state index >= 15 is 0 Å². The van der Waals surface area contributed by atoms with Gasteiger partial charge in [-0.3, -0.25) is 4.79 Å². The Labute approximate surface area is 84.8 Å². The number of primary amides is 1. The summed E-state index contributed by atoms with van der Waals surface area (Å²) < 4.78 is 43.4. The van der Waals surface area contributed by atoms with Gasteiger partial charge in [-0.05, 0) is 19.3 Å². The number of ether oxygens (including phenoxy) is 1. The third-order valence-electron chi connectivity index (χ3n) is 3.76. The Bertz CT molecular complexity index is 317. The highest BCUT2D eigenvalue weighted by molar-refractivity contribution is 5.79. The molecule has 3 unspecified atom stereocenters. The lowest BCUT2D eigenvalue weighted by molar-refractivity contribution is -0.327. The fourth-order valence-electron chi connectivity index (χ4n) is 2.65. The van der Waals surface area contributed by atoms with Crippen LogP contribution in [0, 0.1) is 5.41 Å². The Balaban J connectivity index is 2.31. The van der Waals surface area contributed by atoms with Gasteiger partial charge in [0.25, 0.3) is 0 Å². The molecule has 2 fully saturated rings. The van der Waals surface area contributed by atoms with E-state index in [1.54, 1.807) is 0 Å². The summed E-state index contributed by atoms with van der Waals surface area (Å²) in [7, 11) is 0. The maximum absolute atomic E-state index is 12.9. The van der Waals surface area contributed by atoms with Gasteiger partial charge < -0.3 is 10.5 Å². The zero-order valence-electron chi connectivity index (χ0n) is 8.23. The number of halogens is 3. The lowest BCUT2D eigenvalue weighted by atomic mass is 9.57. The van der Waals surface area contributed by atoms with E-state index in [0.29, 0.717) is 6.42 Å². The first-order valence-electron chi connectivity index (χ1n) is 4.76. The van der Waals surface area contributed by atoms with E-state index < -0.39 is 29.2 Å². The summed E-state index contributed by atoms with van der Waals surface area (Å²) in [5.74, 6) is -0.811. The molecular formula is C9H12F3NO2. The molecule has 1 saturated heterocycles. The third-order valence-corrected chi connectivity index (χ3v) is 3.76. The summed E-state index contributed by atoms with van der Waals surface area (Å²) in [6, 6.07) is 0. The zero-order chi connectivity index (χ0) is 11.5. The Morgan fingerprint density at radius 3 is 2.33 bits per heavy atom. The summed E-state index contributed by atoms with van der Waals surface area (Å²) >= 11 is 0. The minimum absolute atomic E-state index is 0.0713. The van der Waals surface area contributed by atoms with E-state index in [0.717, 1.165) is 0 Å². The molecule has 0 radical (unpaired) electrons. The Morgan fingerprint density at radius 2 is 2.07 bits per heavy atom. The van der Waals surface area contributed by atoms with Crippen molar-refractivity contribution in [3.63, 3.8) is 0 Å². The van der Waals surface area contributed by atoms with Crippen LogP contribution in [0.3, 0.4) is 0 Å². The van der Waals surface area contributed by atoms with E-state index in [9.17, 15) is 18.0 Å². The van der Waals surface area contributed by atoms with Gasteiger partial charge in [-0.15, -0.1) is 0 Å². The molecular weight excluding hydrogens is 211 g/mol. The van der Waals surface area contributed by atoms with Crippen LogP contribution in [0.5, 0.6) is 0 Å². The van der Waals surface area contributed by atoms with Crippen molar-refractivity contribution in [2.24, 2.45) is 11.1 Å². The molecule has 1 saturated carbocycles. The van der Waals surface area contributed by atoms with Crippen LogP contribution in [0.4, 0.5) is 13.2 Å². The molecule has 3 atom stereocenters. The van der Waals surface area contributed by atoms with Crippen molar-refractivity contribution in [1.82, 2.24) is 0 Å². The second kappa shape index (κ2) is 2.66. The third kappa shape index (κ3) is 1.14. The normalized spacial score (nSPS) is 44.7. The fraction of sp³-hybridized carbons (Fsp3) is 0.889. The van der Waals surface area contributed by atoms with Crippen LogP contribution in [-0.2, 0) is 9.53 Å². The highest BCUT2D eigenvalue weighted by Gasteiger charge is 2.76. The van der Waals surface area contributed by atoms with E-state index in [-0.39, 0.29) is 12.8 Å². The Morgan fingerprint density at radius 1 is 1.47 bits per heavy atom. The number of nitrogens with two attached hydrogens (primary N) is 1. The number of amides is 1. The quantitative estimate of drug-likeness (QED) is 0.729. The molecule has 1 aliphatic heterocycles. The predicted molar refractivity (Wildman–Crippen MR) is 44.8 cm³/mol. The molecule has 1 aliphatic carbocycles. The molecule has 15 heavy (non-hydrogen) atoms. The minimum atomic E-state index is -4.43. The first kappa shape index (κ1) is 10.7. The maximum atomic E-state index is 12.9. The molecule has 0 aromatic carbocycles. The van der Waals surface area contributed by atoms with Crippen molar-refractivity contribution < 1.29 is 22.7 Å². The summed E-state index contributed by atoms with van der Waals surface area (Å²) in [5.41, 5.74) is 1.86. The average molecular weight is 223 g/mol. The molecule has 0 aromatic heterocycles. The predicted octanol–water partition coefficient (Wildman–Crippen LogP) is 1.36. The lowest BCUT2D eigenvalue weighted by Gasteiger charge is -2.52. The maximum Gasteiger partial charge on any atom is 0.418 e. The molecule has 2 aliphatic rings. The lowest BCUT2D eigenvalue weighted by Crippen LogP contribution is -2.62. The average Bonchev–Trinajstić information content (AvgIpc) is 2.25. The van der Waals surface area contributed by atoms with Crippen LogP contribution in [0.15, 0.2) is 0 Å². The van der Waals surface area contributed by atoms with Crippen molar-refractivity contribution >= 4 is 5.91 Å². The molecule has 6 heteroatoms. The smallest absolute Gasteiger partial charge is 0.367 e. The van der Waals surface area contributed by atoms with Crippen molar-refractivity contribution in [1.29, 1.82) is 0 Å². The highest BCUT2D eigenvalue weighted by Crippen LogP contribution is 2.66. The van der Waals surface area contributed by atoms with Gasteiger partial charge in [-0.1, -0.05) is 6.92 Å². The number of carbonyl (C=O) groups excluding carboxylic acids is 1. The standard InChI is InChI=1S/C9H12F3NO2/c1-7-2-3-8(7,9(10,11)12)15-5(4-7)6(13)14/h5H,2-4H2,1H3,(H2,13,14). The van der Waals surface area contributed by atoms with E-state index in [2.05, 4.69) is 0 Å². The van der Waals surface area contributed by atoms with E-state index in [1.165, 1.54) is 6.92 Å². The van der Waals surface area contributed by atoms with Crippen LogP contribution >= 0.6 is 0 Å². The van der Waals surface area contributed by atoms with Gasteiger partial charge in [0, 0.05) is 5.41 Å². The monoisotopic (exact) mass is 223 g/mol. The van der Waals surface area contributed by atoms with Crippen LogP contribution in [0.2, 0.25) is 0 Å². The largest absolute Gasteiger partial charge is 0.418 e. The summed E-state index contributed by atoms with van der Waals surface area (Å²) in [6.45, 7) is 1.51. The second-order valence-corrected chi connectivity index (χ2v) is 4.60. The summed E-state index contributed by atoms with van der Waals surface area (Å²) in [6.07, 6.45) is -5.10. The number of hydrogen-bond acceptors (Lipinski definition) is 2. The van der Waals surface area contributed by atoms with Crippen molar-refractivity contribution in [3.8, 4) is 0 Å². The van der Waals surface area contributed by atoms with Gasteiger partial charge >= 0.3 is 6.18 Å². The van der Waals surface area contributed by atoms with Crippen LogP contribution in [-0.4, -0.2) is 23.8 Å². The molecule has 0 aromatic rings. The van der Waals surface area contributed by atoms with E-state index in [1.807, 2.05) is 0 Å². The van der Waals surface area contributed by atoms with Crippen molar-refractivity contribution in [2.45, 2.75) is 44.1 Å². The van der Waals surface area contributed by atoms with Crippen LogP contribution < -0.4 is 5.73 Å². The SMILES string of the molecule is CC12CCC1(C(F)(F)F)OC(C(N)=O)C2. The number of hydrogen-bond donors (Lipinski definition) is 1. The van der Waals surface area contributed by atoms with Crippen molar-refractivity contribution in [3.05, 3.63) is 0 Å². The molecule has 86 valence electrons. The van der Waals surface area contributed by atoms with Crippen molar-refractivity contribution in [2.75, 3.05) is 0 Å². The molecule has 0 spiro atoms. The topological polar surface area (TPSA) is 52.3 Å². The van der Waals surface area contributed by atoms with Gasteiger partial charge in [0.15, 0.2) is 5.60 Å². The molecule has 0 bridgehead atoms. The molecule has 2 rings (SSSR count). The molecule has 1 heterocycles. The minimum Gasteiger partial charge on any atom is -0.367 e. The Hall–Kier alpha value is -0.780. The highest BCUT2D eigenvalue weighted by atomic mass is 19.4. The van der Waals surface area contributed by atoms with Crippen LogP contribution in [0.25, 0.3) is 0 Å². The zero-order valence-corrected chi connectivity index (χ0v) is 8.23. The first-order chi connectivity index (χ1) is 6.72. The van der Waals surface area contributed by atoms with Gasteiger partial charge in [-0.2, -0.15) is 13.2 Å². The number of alkyl halides is 3. The summed E-state index contributed by atoms with van der Waals surface area (Å²) in [4.78, 5) is 10.9. The summed E-state index contributed by atoms with van der Waals surface area (Å²) in [5, 5.41) is 0. The van der Waals surface area contributed by atoms with Gasteiger partial charge in [0.05, 0.1) is 0 Å².